The van der Waals surface area contributed by atoms with Gasteiger partial charge in [-0.25, -0.2) is 4.98 Å². The normalized spacial score (nSPS) is 20.6. The summed E-state index contributed by atoms with van der Waals surface area (Å²) in [6.45, 7) is 8.58. The summed E-state index contributed by atoms with van der Waals surface area (Å²) >= 11 is 6.02. The van der Waals surface area contributed by atoms with Crippen molar-refractivity contribution in [3.8, 4) is 0 Å². The van der Waals surface area contributed by atoms with Gasteiger partial charge in [-0.05, 0) is 43.4 Å². The second-order valence-corrected chi connectivity index (χ2v) is 7.03. The summed E-state index contributed by atoms with van der Waals surface area (Å²) in [4.78, 5) is 6.39. The third-order valence-corrected chi connectivity index (χ3v) is 4.60. The molecule has 0 saturated carbocycles. The first-order chi connectivity index (χ1) is 10.8. The summed E-state index contributed by atoms with van der Waals surface area (Å²) in [5.74, 6) is -2.03. The molecular weight excluding hydrogens is 318 g/mol. The lowest BCUT2D eigenvalue weighted by atomic mass is 10.0. The highest BCUT2D eigenvalue weighted by atomic mass is 35.5. The van der Waals surface area contributed by atoms with Crippen LogP contribution in [0.1, 0.15) is 51.5 Å². The minimum atomic E-state index is -3.09. The highest BCUT2D eigenvalue weighted by Crippen LogP contribution is 2.37. The van der Waals surface area contributed by atoms with E-state index >= 15 is 0 Å². The molecule has 0 aliphatic carbocycles. The molecule has 1 atom stereocenters. The highest BCUT2D eigenvalue weighted by molar-refractivity contribution is 6.29. The van der Waals surface area contributed by atoms with E-state index < -0.39 is 5.92 Å². The van der Waals surface area contributed by atoms with Gasteiger partial charge >= 0.3 is 0 Å². The predicted molar refractivity (Wildman–Crippen MR) is 92.4 cm³/mol. The van der Waals surface area contributed by atoms with Crippen LogP contribution in [-0.2, 0) is 5.92 Å². The van der Waals surface area contributed by atoms with Gasteiger partial charge in [0.25, 0.3) is 5.92 Å². The van der Waals surface area contributed by atoms with Crippen molar-refractivity contribution in [1.82, 2.24) is 4.98 Å². The lowest BCUT2D eigenvalue weighted by Gasteiger charge is -2.27. The number of hydrogen-bond acceptors (Lipinski definition) is 2. The van der Waals surface area contributed by atoms with E-state index in [0.717, 1.165) is 25.9 Å². The van der Waals surface area contributed by atoms with Crippen LogP contribution in [0, 0.1) is 5.92 Å². The molecule has 0 amide bonds. The van der Waals surface area contributed by atoms with Crippen molar-refractivity contribution in [3.05, 3.63) is 35.0 Å². The molecule has 0 bridgehead atoms. The van der Waals surface area contributed by atoms with Crippen molar-refractivity contribution in [3.63, 3.8) is 0 Å². The Kier molecular flexibility index (Phi) is 6.01. The van der Waals surface area contributed by atoms with Gasteiger partial charge in [-0.3, -0.25) is 0 Å². The highest BCUT2D eigenvalue weighted by Gasteiger charge is 2.34. The SMILES string of the molecule is C=C(C)C(F)(F)c1cc(Cl)nc(N2CCCCCC[C@H](C)C2)c1. The van der Waals surface area contributed by atoms with E-state index in [1.165, 1.54) is 38.3 Å². The number of aromatic nitrogens is 1. The van der Waals surface area contributed by atoms with E-state index in [1.807, 2.05) is 0 Å². The van der Waals surface area contributed by atoms with Crippen LogP contribution in [0.3, 0.4) is 0 Å². The Balaban J connectivity index is 2.33. The van der Waals surface area contributed by atoms with Gasteiger partial charge in [-0.15, -0.1) is 0 Å². The van der Waals surface area contributed by atoms with Gasteiger partial charge in [0, 0.05) is 18.7 Å². The van der Waals surface area contributed by atoms with Crippen molar-refractivity contribution in [1.29, 1.82) is 0 Å². The molecule has 23 heavy (non-hydrogen) atoms. The Morgan fingerprint density at radius 1 is 1.30 bits per heavy atom. The number of allylic oxidation sites excluding steroid dienone is 1. The predicted octanol–water partition coefficient (Wildman–Crippen LogP) is 5.81. The summed E-state index contributed by atoms with van der Waals surface area (Å²) in [5, 5.41) is 0.103. The largest absolute Gasteiger partial charge is 0.356 e. The second-order valence-electron chi connectivity index (χ2n) is 6.65. The maximum atomic E-state index is 14.3. The van der Waals surface area contributed by atoms with Gasteiger partial charge in [0.05, 0.1) is 0 Å². The van der Waals surface area contributed by atoms with E-state index in [4.69, 9.17) is 11.6 Å². The van der Waals surface area contributed by atoms with Crippen LogP contribution < -0.4 is 4.90 Å². The maximum absolute atomic E-state index is 14.3. The van der Waals surface area contributed by atoms with E-state index in [1.54, 1.807) is 0 Å². The summed E-state index contributed by atoms with van der Waals surface area (Å²) in [6, 6.07) is 2.70. The lowest BCUT2D eigenvalue weighted by Crippen LogP contribution is -2.30. The van der Waals surface area contributed by atoms with Gasteiger partial charge in [0.2, 0.25) is 0 Å². The number of rotatable bonds is 3. The van der Waals surface area contributed by atoms with Crippen molar-refractivity contribution in [2.24, 2.45) is 5.92 Å². The molecule has 0 N–H and O–H groups in total. The summed E-state index contributed by atoms with van der Waals surface area (Å²) in [6.07, 6.45) is 5.84. The summed E-state index contributed by atoms with van der Waals surface area (Å²) in [5.41, 5.74) is -0.323. The molecular formula is C18H25ClF2N2. The van der Waals surface area contributed by atoms with Crippen molar-refractivity contribution in [2.45, 2.75) is 51.9 Å². The quantitative estimate of drug-likeness (QED) is 0.509. The molecule has 128 valence electrons. The lowest BCUT2D eigenvalue weighted by molar-refractivity contribution is 0.0385. The number of alkyl halides is 2. The molecule has 1 aromatic rings. The average molecular weight is 343 g/mol. The molecule has 0 unspecified atom stereocenters. The second kappa shape index (κ2) is 7.61. The van der Waals surface area contributed by atoms with E-state index in [2.05, 4.69) is 23.4 Å². The molecule has 2 nitrogen and oxygen atoms in total. The Morgan fingerprint density at radius 2 is 2.00 bits per heavy atom. The molecule has 1 aliphatic rings. The van der Waals surface area contributed by atoms with Crippen LogP contribution in [0.5, 0.6) is 0 Å². The molecule has 1 aliphatic heterocycles. The Morgan fingerprint density at radius 3 is 2.70 bits per heavy atom. The third-order valence-electron chi connectivity index (χ3n) is 4.41. The zero-order chi connectivity index (χ0) is 17.0. The number of pyridine rings is 1. The fraction of sp³-hybridized carbons (Fsp3) is 0.611. The number of nitrogens with zero attached hydrogens (tertiary/aromatic N) is 2. The molecule has 1 fully saturated rings. The molecule has 1 saturated heterocycles. The molecule has 5 heteroatoms. The zero-order valence-corrected chi connectivity index (χ0v) is 14.7. The Labute approximate surface area is 142 Å². The van der Waals surface area contributed by atoms with Gasteiger partial charge in [0.1, 0.15) is 11.0 Å². The monoisotopic (exact) mass is 342 g/mol. The van der Waals surface area contributed by atoms with E-state index in [0.29, 0.717) is 11.7 Å². The first kappa shape index (κ1) is 18.2. The Bertz CT molecular complexity index is 560. The fourth-order valence-corrected chi connectivity index (χ4v) is 3.19. The van der Waals surface area contributed by atoms with Crippen molar-refractivity contribution < 1.29 is 8.78 Å². The maximum Gasteiger partial charge on any atom is 0.294 e. The van der Waals surface area contributed by atoms with E-state index in [-0.39, 0.29) is 16.3 Å². The van der Waals surface area contributed by atoms with Gasteiger partial charge < -0.3 is 4.90 Å². The third kappa shape index (κ3) is 4.66. The summed E-state index contributed by atoms with van der Waals surface area (Å²) < 4.78 is 28.6. The van der Waals surface area contributed by atoms with Crippen LogP contribution in [-0.4, -0.2) is 18.1 Å². The molecule has 0 spiro atoms. The number of hydrogen-bond donors (Lipinski definition) is 0. The minimum Gasteiger partial charge on any atom is -0.356 e. The van der Waals surface area contributed by atoms with E-state index in [9.17, 15) is 8.78 Å². The van der Waals surface area contributed by atoms with Crippen LogP contribution in [0.4, 0.5) is 14.6 Å². The molecule has 1 aromatic heterocycles. The van der Waals surface area contributed by atoms with Crippen LogP contribution in [0.2, 0.25) is 5.15 Å². The van der Waals surface area contributed by atoms with Crippen molar-refractivity contribution >= 4 is 17.4 Å². The van der Waals surface area contributed by atoms with Crippen LogP contribution in [0.25, 0.3) is 0 Å². The first-order valence-electron chi connectivity index (χ1n) is 8.27. The Hall–Kier alpha value is -1.16. The van der Waals surface area contributed by atoms with Gasteiger partial charge in [-0.1, -0.05) is 44.4 Å². The smallest absolute Gasteiger partial charge is 0.294 e. The number of anilines is 1. The minimum absolute atomic E-state index is 0.103. The average Bonchev–Trinajstić information content (AvgIpc) is 2.58. The fourth-order valence-electron chi connectivity index (χ4n) is 2.99. The molecule has 2 rings (SSSR count). The standard InChI is InChI=1S/C18H25ClF2N2/c1-13(2)18(20,21)15-10-16(19)22-17(11-15)23-9-7-5-4-6-8-14(3)12-23/h10-11,14H,1,4-9,12H2,2-3H3/t14-/m0/s1. The van der Waals surface area contributed by atoms with Crippen molar-refractivity contribution in [2.75, 3.05) is 18.0 Å². The van der Waals surface area contributed by atoms with Gasteiger partial charge in [-0.2, -0.15) is 8.78 Å². The topological polar surface area (TPSA) is 16.1 Å². The van der Waals surface area contributed by atoms with Crippen LogP contribution in [0.15, 0.2) is 24.3 Å². The first-order valence-corrected chi connectivity index (χ1v) is 8.65. The number of halogens is 3. The van der Waals surface area contributed by atoms with Crippen LogP contribution >= 0.6 is 11.6 Å². The zero-order valence-electron chi connectivity index (χ0n) is 13.9. The molecule has 2 heterocycles. The van der Waals surface area contributed by atoms with Gasteiger partial charge in [0.15, 0.2) is 0 Å². The molecule has 0 radical (unpaired) electrons. The molecule has 0 aromatic carbocycles. The summed E-state index contributed by atoms with van der Waals surface area (Å²) in [7, 11) is 0.